The van der Waals surface area contributed by atoms with Crippen LogP contribution in [0.1, 0.15) is 21.6 Å². The highest BCUT2D eigenvalue weighted by atomic mass is 16.2. The number of nitrogens with one attached hydrogen (secondary N) is 1. The summed E-state index contributed by atoms with van der Waals surface area (Å²) in [6.07, 6.45) is 3.12. The molecule has 0 spiro atoms. The van der Waals surface area contributed by atoms with E-state index in [0.29, 0.717) is 12.2 Å². The average Bonchev–Trinajstić information content (AvgIpc) is 2.86. The number of hydrogen-bond acceptors (Lipinski definition) is 3. The van der Waals surface area contributed by atoms with Crippen molar-refractivity contribution in [1.29, 1.82) is 0 Å². The van der Waals surface area contributed by atoms with Crippen LogP contribution < -0.4 is 11.1 Å². The van der Waals surface area contributed by atoms with E-state index in [0.717, 1.165) is 16.8 Å². The first-order valence-corrected chi connectivity index (χ1v) is 6.19. The minimum absolute atomic E-state index is 0.197. The highest BCUT2D eigenvalue weighted by Crippen LogP contribution is 2.17. The zero-order valence-electron chi connectivity index (χ0n) is 11.5. The van der Waals surface area contributed by atoms with E-state index >= 15 is 0 Å². The Morgan fingerprint density at radius 2 is 2.30 bits per heavy atom. The highest BCUT2D eigenvalue weighted by molar-refractivity contribution is 6.03. The van der Waals surface area contributed by atoms with Crippen LogP contribution in [0.15, 0.2) is 30.7 Å². The summed E-state index contributed by atoms with van der Waals surface area (Å²) in [6, 6.07) is 5.66. The van der Waals surface area contributed by atoms with E-state index in [1.807, 2.05) is 25.1 Å². The summed E-state index contributed by atoms with van der Waals surface area (Å²) in [5, 5.41) is 2.87. The minimum atomic E-state index is -0.197. The van der Waals surface area contributed by atoms with E-state index in [4.69, 9.17) is 5.73 Å². The van der Waals surface area contributed by atoms with Gasteiger partial charge in [-0.2, -0.15) is 0 Å². The minimum Gasteiger partial charge on any atom is -0.330 e. The first-order valence-electron chi connectivity index (χ1n) is 6.19. The molecular formula is C15H16N4O. The molecule has 1 amide bonds. The third-order valence-corrected chi connectivity index (χ3v) is 2.87. The number of aromatic nitrogens is 2. The standard InChI is InChI=1S/C15H16N4O/c1-11-5-6-12(4-3-7-16)8-13(11)18-15(20)14-9-17-10-19(14)2/h5-6,8-10H,7,16H2,1-2H3,(H,18,20). The highest BCUT2D eigenvalue weighted by Gasteiger charge is 2.11. The summed E-state index contributed by atoms with van der Waals surface area (Å²) >= 11 is 0. The zero-order chi connectivity index (χ0) is 14.5. The molecule has 0 saturated heterocycles. The van der Waals surface area contributed by atoms with Crippen molar-refractivity contribution in [2.45, 2.75) is 6.92 Å². The van der Waals surface area contributed by atoms with Gasteiger partial charge in [-0.25, -0.2) is 4.98 Å². The number of aryl methyl sites for hydroxylation is 2. The van der Waals surface area contributed by atoms with E-state index in [2.05, 4.69) is 22.1 Å². The van der Waals surface area contributed by atoms with Gasteiger partial charge in [0.2, 0.25) is 0 Å². The third-order valence-electron chi connectivity index (χ3n) is 2.87. The molecule has 2 rings (SSSR count). The molecule has 0 bridgehead atoms. The quantitative estimate of drug-likeness (QED) is 0.806. The lowest BCUT2D eigenvalue weighted by atomic mass is 10.1. The SMILES string of the molecule is Cc1ccc(C#CCN)cc1NC(=O)c1cncn1C. The molecular weight excluding hydrogens is 252 g/mol. The fraction of sp³-hybridized carbons (Fsp3) is 0.200. The molecule has 5 nitrogen and oxygen atoms in total. The van der Waals surface area contributed by atoms with Crippen molar-refractivity contribution < 1.29 is 4.79 Å². The maximum absolute atomic E-state index is 12.1. The van der Waals surface area contributed by atoms with Crippen LogP contribution in [-0.4, -0.2) is 22.0 Å². The summed E-state index contributed by atoms with van der Waals surface area (Å²) in [4.78, 5) is 16.1. The van der Waals surface area contributed by atoms with Gasteiger partial charge in [-0.3, -0.25) is 4.79 Å². The third kappa shape index (κ3) is 3.05. The second-order valence-corrected chi connectivity index (χ2v) is 4.38. The molecule has 102 valence electrons. The molecule has 1 heterocycles. The number of nitrogens with zero attached hydrogens (tertiary/aromatic N) is 2. The predicted molar refractivity (Wildman–Crippen MR) is 78.3 cm³/mol. The molecule has 3 N–H and O–H groups in total. The summed E-state index contributed by atoms with van der Waals surface area (Å²) in [5.41, 5.74) is 8.38. The molecule has 0 aliphatic carbocycles. The summed E-state index contributed by atoms with van der Waals surface area (Å²) in [5.74, 6) is 5.54. The molecule has 0 unspecified atom stereocenters. The molecule has 0 aliphatic rings. The molecule has 0 fully saturated rings. The van der Waals surface area contributed by atoms with Gasteiger partial charge >= 0.3 is 0 Å². The van der Waals surface area contributed by atoms with Crippen molar-refractivity contribution in [3.63, 3.8) is 0 Å². The fourth-order valence-corrected chi connectivity index (χ4v) is 1.75. The van der Waals surface area contributed by atoms with Crippen LogP contribution in [0.3, 0.4) is 0 Å². The topological polar surface area (TPSA) is 72.9 Å². The number of anilines is 1. The molecule has 20 heavy (non-hydrogen) atoms. The van der Waals surface area contributed by atoms with Crippen LogP contribution >= 0.6 is 0 Å². The molecule has 0 atom stereocenters. The number of hydrogen-bond donors (Lipinski definition) is 2. The fourth-order valence-electron chi connectivity index (χ4n) is 1.75. The van der Waals surface area contributed by atoms with Crippen molar-refractivity contribution in [1.82, 2.24) is 9.55 Å². The van der Waals surface area contributed by atoms with Gasteiger partial charge in [-0.1, -0.05) is 17.9 Å². The molecule has 0 aliphatic heterocycles. The van der Waals surface area contributed by atoms with Crippen LogP contribution in [0.4, 0.5) is 5.69 Å². The van der Waals surface area contributed by atoms with E-state index in [-0.39, 0.29) is 5.91 Å². The smallest absolute Gasteiger partial charge is 0.273 e. The summed E-state index contributed by atoms with van der Waals surface area (Å²) in [6.45, 7) is 2.24. The number of benzene rings is 1. The molecule has 0 saturated carbocycles. The normalized spacial score (nSPS) is 9.75. The number of carbonyl (C=O) groups is 1. The van der Waals surface area contributed by atoms with E-state index in [1.165, 1.54) is 6.20 Å². The Morgan fingerprint density at radius 3 is 2.95 bits per heavy atom. The lowest BCUT2D eigenvalue weighted by Crippen LogP contribution is -2.16. The van der Waals surface area contributed by atoms with Gasteiger partial charge in [0.25, 0.3) is 5.91 Å². The van der Waals surface area contributed by atoms with Crippen LogP contribution in [0, 0.1) is 18.8 Å². The number of nitrogens with two attached hydrogens (primary N) is 1. The Kier molecular flexibility index (Phi) is 4.18. The van der Waals surface area contributed by atoms with Crippen LogP contribution in [0.5, 0.6) is 0 Å². The molecule has 5 heteroatoms. The van der Waals surface area contributed by atoms with Crippen LogP contribution in [0.2, 0.25) is 0 Å². The van der Waals surface area contributed by atoms with Gasteiger partial charge in [0.15, 0.2) is 0 Å². The largest absolute Gasteiger partial charge is 0.330 e. The molecule has 1 aromatic heterocycles. The summed E-state index contributed by atoms with van der Waals surface area (Å²) < 4.78 is 1.67. The van der Waals surface area contributed by atoms with Crippen LogP contribution in [-0.2, 0) is 7.05 Å². The Hall–Kier alpha value is -2.58. The van der Waals surface area contributed by atoms with E-state index in [9.17, 15) is 4.79 Å². The molecule has 0 radical (unpaired) electrons. The Bertz CT molecular complexity index is 691. The van der Waals surface area contributed by atoms with Gasteiger partial charge in [0, 0.05) is 18.3 Å². The Morgan fingerprint density at radius 1 is 1.50 bits per heavy atom. The van der Waals surface area contributed by atoms with Crippen molar-refractivity contribution in [3.05, 3.63) is 47.5 Å². The summed E-state index contributed by atoms with van der Waals surface area (Å²) in [7, 11) is 1.78. The second kappa shape index (κ2) is 6.04. The number of carbonyl (C=O) groups excluding carboxylic acids is 1. The van der Waals surface area contributed by atoms with Crippen LogP contribution in [0.25, 0.3) is 0 Å². The van der Waals surface area contributed by atoms with E-state index < -0.39 is 0 Å². The number of rotatable bonds is 2. The monoisotopic (exact) mass is 268 g/mol. The average molecular weight is 268 g/mol. The Labute approximate surface area is 117 Å². The van der Waals surface area contributed by atoms with E-state index in [1.54, 1.807) is 17.9 Å². The van der Waals surface area contributed by atoms with Crippen molar-refractivity contribution in [2.75, 3.05) is 11.9 Å². The van der Waals surface area contributed by atoms with Crippen molar-refractivity contribution >= 4 is 11.6 Å². The lowest BCUT2D eigenvalue weighted by molar-refractivity contribution is 0.101. The maximum Gasteiger partial charge on any atom is 0.273 e. The predicted octanol–water partition coefficient (Wildman–Crippen LogP) is 1.29. The number of amides is 1. The first-order chi connectivity index (χ1) is 9.61. The second-order valence-electron chi connectivity index (χ2n) is 4.38. The number of imidazole rings is 1. The van der Waals surface area contributed by atoms with Crippen molar-refractivity contribution in [3.8, 4) is 11.8 Å². The lowest BCUT2D eigenvalue weighted by Gasteiger charge is -2.09. The van der Waals surface area contributed by atoms with Crippen molar-refractivity contribution in [2.24, 2.45) is 12.8 Å². The van der Waals surface area contributed by atoms with Gasteiger partial charge in [-0.15, -0.1) is 0 Å². The Balaban J connectivity index is 2.25. The maximum atomic E-state index is 12.1. The van der Waals surface area contributed by atoms with Gasteiger partial charge in [0.1, 0.15) is 5.69 Å². The van der Waals surface area contributed by atoms with Gasteiger partial charge < -0.3 is 15.6 Å². The molecule has 1 aromatic carbocycles. The van der Waals surface area contributed by atoms with Gasteiger partial charge in [0.05, 0.1) is 19.1 Å². The first kappa shape index (κ1) is 13.8. The van der Waals surface area contributed by atoms with Gasteiger partial charge in [-0.05, 0) is 24.6 Å². The zero-order valence-corrected chi connectivity index (χ0v) is 11.5. The molecule has 2 aromatic rings.